The lowest BCUT2D eigenvalue weighted by molar-refractivity contribution is -0.116. The fraction of sp³-hybridized carbons (Fsp3) is 0.364. The van der Waals surface area contributed by atoms with Gasteiger partial charge >= 0.3 is 0 Å². The van der Waals surface area contributed by atoms with Gasteiger partial charge in [-0.15, -0.1) is 11.8 Å². The van der Waals surface area contributed by atoms with Gasteiger partial charge in [0.15, 0.2) is 5.13 Å². The second kappa shape index (κ2) is 11.0. The van der Waals surface area contributed by atoms with Crippen molar-refractivity contribution in [2.24, 2.45) is 0 Å². The molecule has 0 spiro atoms. The van der Waals surface area contributed by atoms with E-state index in [-0.39, 0.29) is 5.91 Å². The standard InChI is InChI=1S/C22H26ClN3O3S2/c1-25(2)12-5-13-26(19(27)14-30-16-8-6-15(28-3)7-9-16)22-24-20-18(29-4)11-10-17(23)21(20)31-22/h6-11H,5,12-14H2,1-4H3. The van der Waals surface area contributed by atoms with E-state index in [4.69, 9.17) is 26.1 Å². The number of thioether (sulfide) groups is 1. The van der Waals surface area contributed by atoms with E-state index >= 15 is 0 Å². The van der Waals surface area contributed by atoms with Gasteiger partial charge in [0.2, 0.25) is 5.91 Å². The lowest BCUT2D eigenvalue weighted by Crippen LogP contribution is -2.34. The second-order valence-electron chi connectivity index (χ2n) is 7.09. The van der Waals surface area contributed by atoms with Crippen LogP contribution in [0.25, 0.3) is 10.2 Å². The molecule has 6 nitrogen and oxygen atoms in total. The number of nitrogens with zero attached hydrogens (tertiary/aromatic N) is 3. The summed E-state index contributed by atoms with van der Waals surface area (Å²) in [6.07, 6.45) is 0.840. The molecule has 0 fully saturated rings. The Bertz CT molecular complexity index is 1020. The third-order valence-corrected chi connectivity index (χ3v) is 7.14. The van der Waals surface area contributed by atoms with Crippen LogP contribution in [0, 0.1) is 0 Å². The number of halogens is 1. The fourth-order valence-corrected chi connectivity index (χ4v) is 5.06. The molecule has 1 amide bonds. The Morgan fingerprint density at radius 3 is 2.48 bits per heavy atom. The number of methoxy groups -OCH3 is 2. The summed E-state index contributed by atoms with van der Waals surface area (Å²) in [6.45, 7) is 1.46. The Hall–Kier alpha value is -2.00. The number of thiazole rings is 1. The minimum atomic E-state index is 0.00807. The maximum Gasteiger partial charge on any atom is 0.239 e. The Labute approximate surface area is 196 Å². The molecule has 1 aromatic heterocycles. The topological polar surface area (TPSA) is 54.9 Å². The SMILES string of the molecule is COc1ccc(SCC(=O)N(CCCN(C)C)c2nc3c(OC)ccc(Cl)c3s2)cc1. The van der Waals surface area contributed by atoms with Crippen LogP contribution in [-0.4, -0.2) is 62.9 Å². The molecule has 9 heteroatoms. The molecule has 0 aliphatic carbocycles. The normalized spacial score (nSPS) is 11.2. The largest absolute Gasteiger partial charge is 0.497 e. The number of rotatable bonds is 10. The maximum atomic E-state index is 13.2. The van der Waals surface area contributed by atoms with E-state index in [1.165, 1.54) is 23.1 Å². The predicted molar refractivity (Wildman–Crippen MR) is 130 cm³/mol. The van der Waals surface area contributed by atoms with Crippen LogP contribution in [0.5, 0.6) is 11.5 Å². The van der Waals surface area contributed by atoms with Crippen molar-refractivity contribution in [1.29, 1.82) is 0 Å². The maximum absolute atomic E-state index is 13.2. The molecule has 0 saturated carbocycles. The first-order valence-electron chi connectivity index (χ1n) is 9.78. The summed E-state index contributed by atoms with van der Waals surface area (Å²) in [7, 11) is 7.28. The molecule has 1 heterocycles. The van der Waals surface area contributed by atoms with Gasteiger partial charge in [-0.2, -0.15) is 0 Å². The van der Waals surface area contributed by atoms with Crippen molar-refractivity contribution < 1.29 is 14.3 Å². The van der Waals surface area contributed by atoms with Crippen LogP contribution in [0.4, 0.5) is 5.13 Å². The van der Waals surface area contributed by atoms with Crippen molar-refractivity contribution in [2.75, 3.05) is 52.1 Å². The Balaban J connectivity index is 1.82. The van der Waals surface area contributed by atoms with Gasteiger partial charge < -0.3 is 14.4 Å². The number of amides is 1. The Kier molecular flexibility index (Phi) is 8.43. The Morgan fingerprint density at radius 2 is 1.84 bits per heavy atom. The molecule has 0 aliphatic heterocycles. The number of fused-ring (bicyclic) bond motifs is 1. The van der Waals surface area contributed by atoms with Crippen LogP contribution in [0.3, 0.4) is 0 Å². The molecular weight excluding hydrogens is 454 g/mol. The predicted octanol–water partition coefficient (Wildman–Crippen LogP) is 5.04. The van der Waals surface area contributed by atoms with E-state index in [0.29, 0.717) is 33.7 Å². The number of anilines is 1. The van der Waals surface area contributed by atoms with Crippen LogP contribution >= 0.6 is 34.7 Å². The first kappa shape index (κ1) is 23.7. The highest BCUT2D eigenvalue weighted by atomic mass is 35.5. The molecule has 2 aromatic carbocycles. The van der Waals surface area contributed by atoms with Crippen molar-refractivity contribution >= 4 is 56.0 Å². The minimum absolute atomic E-state index is 0.00807. The molecule has 0 unspecified atom stereocenters. The quantitative estimate of drug-likeness (QED) is 0.379. The first-order chi connectivity index (χ1) is 14.9. The number of carbonyl (C=O) groups excluding carboxylic acids is 1. The summed E-state index contributed by atoms with van der Waals surface area (Å²) in [5.74, 6) is 1.76. The molecular formula is C22H26ClN3O3S2. The average Bonchev–Trinajstić information content (AvgIpc) is 3.21. The van der Waals surface area contributed by atoms with Crippen LogP contribution in [0.1, 0.15) is 6.42 Å². The second-order valence-corrected chi connectivity index (χ2v) is 9.52. The lowest BCUT2D eigenvalue weighted by Gasteiger charge is -2.21. The molecule has 0 atom stereocenters. The van der Waals surface area contributed by atoms with Gasteiger partial charge in [-0.25, -0.2) is 4.98 Å². The molecule has 0 saturated heterocycles. The van der Waals surface area contributed by atoms with Crippen molar-refractivity contribution in [3.8, 4) is 11.5 Å². The fourth-order valence-electron chi connectivity index (χ4n) is 2.99. The van der Waals surface area contributed by atoms with Gasteiger partial charge in [-0.1, -0.05) is 22.9 Å². The van der Waals surface area contributed by atoms with E-state index in [1.807, 2.05) is 38.4 Å². The summed E-state index contributed by atoms with van der Waals surface area (Å²) in [5.41, 5.74) is 0.684. The highest BCUT2D eigenvalue weighted by Gasteiger charge is 2.22. The minimum Gasteiger partial charge on any atom is -0.497 e. The highest BCUT2D eigenvalue weighted by molar-refractivity contribution is 8.00. The van der Waals surface area contributed by atoms with Crippen LogP contribution in [-0.2, 0) is 4.79 Å². The third kappa shape index (κ3) is 6.04. The van der Waals surface area contributed by atoms with Crippen LogP contribution in [0.15, 0.2) is 41.3 Å². The molecule has 166 valence electrons. The van der Waals surface area contributed by atoms with Crippen molar-refractivity contribution in [2.45, 2.75) is 11.3 Å². The van der Waals surface area contributed by atoms with E-state index in [9.17, 15) is 4.79 Å². The summed E-state index contributed by atoms with van der Waals surface area (Å²) < 4.78 is 11.5. The number of ether oxygens (including phenoxy) is 2. The number of hydrogen-bond acceptors (Lipinski definition) is 7. The van der Waals surface area contributed by atoms with Gasteiger partial charge in [0.05, 0.1) is 29.7 Å². The third-order valence-electron chi connectivity index (χ3n) is 4.61. The van der Waals surface area contributed by atoms with E-state index in [0.717, 1.165) is 28.3 Å². The smallest absolute Gasteiger partial charge is 0.239 e. The number of benzene rings is 2. The first-order valence-corrected chi connectivity index (χ1v) is 12.0. The molecule has 3 rings (SSSR count). The number of carbonyl (C=O) groups is 1. The highest BCUT2D eigenvalue weighted by Crippen LogP contribution is 2.39. The van der Waals surface area contributed by atoms with Crippen LogP contribution in [0.2, 0.25) is 5.02 Å². The molecule has 0 radical (unpaired) electrons. The van der Waals surface area contributed by atoms with Gasteiger partial charge in [0.25, 0.3) is 0 Å². The van der Waals surface area contributed by atoms with E-state index in [2.05, 4.69) is 4.90 Å². The van der Waals surface area contributed by atoms with E-state index < -0.39 is 0 Å². The summed E-state index contributed by atoms with van der Waals surface area (Å²) in [4.78, 5) is 22.8. The zero-order chi connectivity index (χ0) is 22.4. The summed E-state index contributed by atoms with van der Waals surface area (Å²) >= 11 is 9.30. The molecule has 31 heavy (non-hydrogen) atoms. The average molecular weight is 480 g/mol. The molecule has 3 aromatic rings. The molecule has 0 N–H and O–H groups in total. The van der Waals surface area contributed by atoms with Gasteiger partial charge in [0.1, 0.15) is 17.0 Å². The van der Waals surface area contributed by atoms with Gasteiger partial charge in [0, 0.05) is 11.4 Å². The zero-order valence-electron chi connectivity index (χ0n) is 18.1. The number of hydrogen-bond donors (Lipinski definition) is 0. The van der Waals surface area contributed by atoms with Crippen molar-refractivity contribution in [1.82, 2.24) is 9.88 Å². The van der Waals surface area contributed by atoms with Gasteiger partial charge in [-0.3, -0.25) is 9.69 Å². The summed E-state index contributed by atoms with van der Waals surface area (Å²) in [6, 6.07) is 11.3. The summed E-state index contributed by atoms with van der Waals surface area (Å²) in [5, 5.41) is 1.24. The van der Waals surface area contributed by atoms with E-state index in [1.54, 1.807) is 31.3 Å². The van der Waals surface area contributed by atoms with Crippen LogP contribution < -0.4 is 14.4 Å². The lowest BCUT2D eigenvalue weighted by atomic mass is 10.3. The number of aromatic nitrogens is 1. The van der Waals surface area contributed by atoms with Crippen molar-refractivity contribution in [3.05, 3.63) is 41.4 Å². The Morgan fingerprint density at radius 1 is 1.10 bits per heavy atom. The van der Waals surface area contributed by atoms with Gasteiger partial charge in [-0.05, 0) is 63.5 Å². The molecule has 0 bridgehead atoms. The zero-order valence-corrected chi connectivity index (χ0v) is 20.4. The van der Waals surface area contributed by atoms with Crippen molar-refractivity contribution in [3.63, 3.8) is 0 Å². The monoisotopic (exact) mass is 479 g/mol. The molecule has 0 aliphatic rings.